The molecule has 0 radical (unpaired) electrons. The molecule has 0 atom stereocenters. The van der Waals surface area contributed by atoms with E-state index in [1.807, 2.05) is 0 Å². The lowest BCUT2D eigenvalue weighted by Crippen LogP contribution is -2.06. The predicted octanol–water partition coefficient (Wildman–Crippen LogP) is 4.27. The van der Waals surface area contributed by atoms with Gasteiger partial charge >= 0.3 is 0 Å². The molecule has 23 heavy (non-hydrogen) atoms. The number of aromatic amines is 1. The molecule has 0 spiro atoms. The van der Waals surface area contributed by atoms with Gasteiger partial charge in [0.05, 0.1) is 12.0 Å². The second kappa shape index (κ2) is 6.00. The summed E-state index contributed by atoms with van der Waals surface area (Å²) in [5.74, 6) is -3.64. The van der Waals surface area contributed by atoms with Crippen molar-refractivity contribution in [1.82, 2.24) is 4.98 Å². The molecule has 1 N–H and O–H groups in total. The van der Waals surface area contributed by atoms with E-state index in [1.54, 1.807) is 24.5 Å². The first-order chi connectivity index (χ1) is 11.0. The maximum Gasteiger partial charge on any atom is 0.255 e. The number of hydrogen-bond donors (Lipinski definition) is 1. The minimum absolute atomic E-state index is 0.115. The molecule has 3 rings (SSSR count). The number of pyridine rings is 1. The zero-order chi connectivity index (χ0) is 16.6. The monoisotopic (exact) mass is 337 g/mol. The van der Waals surface area contributed by atoms with E-state index in [0.29, 0.717) is 22.1 Å². The first-order valence-corrected chi connectivity index (χ1v) is 7.67. The Bertz CT molecular complexity index is 933. The van der Waals surface area contributed by atoms with Crippen LogP contribution in [0, 0.1) is 17.5 Å². The fourth-order valence-corrected chi connectivity index (χ4v) is 2.63. The fraction of sp³-hybridized carbons (Fsp3) is 0.0625. The summed E-state index contributed by atoms with van der Waals surface area (Å²) in [6, 6.07) is 6.53. The Hall–Kier alpha value is -2.41. The largest absolute Gasteiger partial charge is 0.426 e. The molecule has 0 saturated carbocycles. The van der Waals surface area contributed by atoms with E-state index in [1.165, 1.54) is 6.20 Å². The Balaban J connectivity index is 2.30. The summed E-state index contributed by atoms with van der Waals surface area (Å²) >= 11 is 1.12. The molecule has 7 heteroatoms. The highest BCUT2D eigenvalue weighted by molar-refractivity contribution is 7.94. The van der Waals surface area contributed by atoms with Crippen LogP contribution in [0.25, 0.3) is 21.9 Å². The molecule has 0 bridgehead atoms. The Morgan fingerprint density at radius 1 is 1.04 bits per heavy atom. The van der Waals surface area contributed by atoms with Gasteiger partial charge in [0.25, 0.3) is 5.56 Å². The van der Waals surface area contributed by atoms with Gasteiger partial charge in [-0.2, -0.15) is 0 Å². The van der Waals surface area contributed by atoms with Crippen LogP contribution in [0.5, 0.6) is 5.75 Å². The van der Waals surface area contributed by atoms with E-state index >= 15 is 0 Å². The molecular weight excluding hydrogens is 327 g/mol. The van der Waals surface area contributed by atoms with Gasteiger partial charge in [-0.15, -0.1) is 0 Å². The van der Waals surface area contributed by atoms with Gasteiger partial charge in [-0.25, -0.2) is 13.2 Å². The van der Waals surface area contributed by atoms with Crippen LogP contribution >= 0.6 is 12.0 Å². The summed E-state index contributed by atoms with van der Waals surface area (Å²) in [5.41, 5.74) is 0.135. The summed E-state index contributed by atoms with van der Waals surface area (Å²) < 4.78 is 45.4. The van der Waals surface area contributed by atoms with E-state index in [0.717, 1.165) is 24.2 Å². The van der Waals surface area contributed by atoms with Crippen LogP contribution in [0.3, 0.4) is 0 Å². The second-order valence-electron chi connectivity index (χ2n) is 4.74. The van der Waals surface area contributed by atoms with Crippen LogP contribution in [-0.4, -0.2) is 11.2 Å². The topological polar surface area (TPSA) is 42.1 Å². The van der Waals surface area contributed by atoms with Crippen LogP contribution in [0.15, 0.2) is 41.3 Å². The molecule has 1 heterocycles. The zero-order valence-corrected chi connectivity index (χ0v) is 12.6. The Morgan fingerprint density at radius 3 is 2.39 bits per heavy atom. The minimum Gasteiger partial charge on any atom is -0.426 e. The third-order valence-corrected chi connectivity index (χ3v) is 3.71. The van der Waals surface area contributed by atoms with Gasteiger partial charge in [-0.1, -0.05) is 0 Å². The van der Waals surface area contributed by atoms with Crippen molar-refractivity contribution in [2.75, 3.05) is 6.26 Å². The molecule has 0 amide bonds. The lowest BCUT2D eigenvalue weighted by molar-refractivity contribution is 0.448. The zero-order valence-electron chi connectivity index (χ0n) is 11.8. The van der Waals surface area contributed by atoms with Crippen LogP contribution < -0.4 is 9.74 Å². The van der Waals surface area contributed by atoms with Crippen molar-refractivity contribution in [3.8, 4) is 16.9 Å². The van der Waals surface area contributed by atoms with Crippen molar-refractivity contribution in [3.05, 3.63) is 64.3 Å². The lowest BCUT2D eigenvalue weighted by Gasteiger charge is -2.09. The number of fused-ring (bicyclic) bond motifs is 1. The molecule has 0 aliphatic carbocycles. The molecule has 1 aromatic heterocycles. The second-order valence-corrected chi connectivity index (χ2v) is 5.24. The maximum atomic E-state index is 13.5. The van der Waals surface area contributed by atoms with E-state index in [4.69, 9.17) is 4.18 Å². The number of nitrogens with one attached hydrogen (secondary N) is 1. The Kier molecular flexibility index (Phi) is 4.04. The van der Waals surface area contributed by atoms with Gasteiger partial charge in [0.1, 0.15) is 5.75 Å². The quantitative estimate of drug-likeness (QED) is 0.573. The van der Waals surface area contributed by atoms with Gasteiger partial charge in [0, 0.05) is 28.8 Å². The summed E-state index contributed by atoms with van der Waals surface area (Å²) in [6.07, 6.45) is 3.06. The summed E-state index contributed by atoms with van der Waals surface area (Å²) in [5, 5.41) is 0.784. The molecule has 3 aromatic rings. The van der Waals surface area contributed by atoms with Gasteiger partial charge < -0.3 is 9.17 Å². The van der Waals surface area contributed by atoms with Crippen molar-refractivity contribution in [1.29, 1.82) is 0 Å². The summed E-state index contributed by atoms with van der Waals surface area (Å²) in [6.45, 7) is 0. The van der Waals surface area contributed by atoms with E-state index in [2.05, 4.69) is 4.98 Å². The fourth-order valence-electron chi connectivity index (χ4n) is 2.34. The number of aromatic nitrogens is 1. The molecule has 0 saturated heterocycles. The highest BCUT2D eigenvalue weighted by Crippen LogP contribution is 2.31. The molecule has 0 fully saturated rings. The van der Waals surface area contributed by atoms with E-state index in [9.17, 15) is 18.0 Å². The Morgan fingerprint density at radius 2 is 1.74 bits per heavy atom. The molecule has 3 nitrogen and oxygen atoms in total. The van der Waals surface area contributed by atoms with Crippen molar-refractivity contribution < 1.29 is 17.4 Å². The van der Waals surface area contributed by atoms with Crippen molar-refractivity contribution in [3.63, 3.8) is 0 Å². The highest BCUT2D eigenvalue weighted by Gasteiger charge is 2.14. The molecule has 0 unspecified atom stereocenters. The molecule has 0 aliphatic rings. The normalized spacial score (nSPS) is 11.0. The molecule has 118 valence electrons. The van der Waals surface area contributed by atoms with E-state index in [-0.39, 0.29) is 11.1 Å². The van der Waals surface area contributed by atoms with Crippen LogP contribution in [-0.2, 0) is 0 Å². The number of H-pyrrole nitrogens is 1. The Labute approximate surface area is 133 Å². The van der Waals surface area contributed by atoms with Gasteiger partial charge in [0.2, 0.25) is 0 Å². The van der Waals surface area contributed by atoms with Crippen LogP contribution in [0.4, 0.5) is 13.2 Å². The standard InChI is InChI=1S/C16H10F3NO2S/c1-23-22-9-2-3-10-11(6-9)12(7-20-16(10)21)8-4-13(17)15(19)14(18)5-8/h2-7H,1H3,(H,20,21). The first kappa shape index (κ1) is 15.5. The average Bonchev–Trinajstić information content (AvgIpc) is 2.53. The number of rotatable bonds is 3. The average molecular weight is 337 g/mol. The van der Waals surface area contributed by atoms with Crippen molar-refractivity contribution >= 4 is 22.8 Å². The number of benzene rings is 2. The third-order valence-electron chi connectivity index (χ3n) is 3.35. The van der Waals surface area contributed by atoms with Crippen LogP contribution in [0.2, 0.25) is 0 Å². The van der Waals surface area contributed by atoms with Gasteiger partial charge in [-0.05, 0) is 35.9 Å². The van der Waals surface area contributed by atoms with Gasteiger partial charge in [0.15, 0.2) is 17.5 Å². The SMILES string of the molecule is CSOc1ccc2c(=O)[nH]cc(-c3cc(F)c(F)c(F)c3)c2c1. The summed E-state index contributed by atoms with van der Waals surface area (Å²) in [4.78, 5) is 14.4. The lowest BCUT2D eigenvalue weighted by atomic mass is 10.0. The maximum absolute atomic E-state index is 13.5. The molecule has 0 aliphatic heterocycles. The predicted molar refractivity (Wildman–Crippen MR) is 84.0 cm³/mol. The molecule has 2 aromatic carbocycles. The highest BCUT2D eigenvalue weighted by atomic mass is 32.2. The number of halogens is 3. The van der Waals surface area contributed by atoms with Crippen molar-refractivity contribution in [2.24, 2.45) is 0 Å². The minimum atomic E-state index is -1.53. The first-order valence-electron chi connectivity index (χ1n) is 6.52. The van der Waals surface area contributed by atoms with Crippen molar-refractivity contribution in [2.45, 2.75) is 0 Å². The van der Waals surface area contributed by atoms with Crippen LogP contribution in [0.1, 0.15) is 0 Å². The molecular formula is C16H10F3NO2S. The van der Waals surface area contributed by atoms with E-state index < -0.39 is 17.5 Å². The number of hydrogen-bond acceptors (Lipinski definition) is 3. The summed E-state index contributed by atoms with van der Waals surface area (Å²) in [7, 11) is 0. The van der Waals surface area contributed by atoms with Gasteiger partial charge in [-0.3, -0.25) is 4.79 Å². The smallest absolute Gasteiger partial charge is 0.255 e. The third kappa shape index (κ3) is 2.79.